The topological polar surface area (TPSA) is 0 Å². The van der Waals surface area contributed by atoms with Gasteiger partial charge in [-0.05, 0) is 19.4 Å². The SMILES string of the molecule is C=C(C[N+](C)(CC)CC)c1ccccc1. The monoisotopic (exact) mass is 204 g/mol. The maximum atomic E-state index is 4.19. The fraction of sp³-hybridized carbons (Fsp3) is 0.429. The molecule has 15 heavy (non-hydrogen) atoms. The van der Waals surface area contributed by atoms with Gasteiger partial charge in [0.25, 0.3) is 0 Å². The van der Waals surface area contributed by atoms with Crippen LogP contribution in [0.2, 0.25) is 0 Å². The molecule has 0 N–H and O–H groups in total. The van der Waals surface area contributed by atoms with E-state index >= 15 is 0 Å². The van der Waals surface area contributed by atoms with E-state index < -0.39 is 0 Å². The summed E-state index contributed by atoms with van der Waals surface area (Å²) in [7, 11) is 2.29. The molecule has 0 amide bonds. The molecule has 1 aromatic carbocycles. The highest BCUT2D eigenvalue weighted by molar-refractivity contribution is 5.63. The van der Waals surface area contributed by atoms with Crippen molar-refractivity contribution in [3.05, 3.63) is 42.5 Å². The van der Waals surface area contributed by atoms with Gasteiger partial charge in [-0.25, -0.2) is 0 Å². The molecule has 0 aliphatic carbocycles. The molecule has 0 atom stereocenters. The average Bonchev–Trinajstić information content (AvgIpc) is 2.30. The van der Waals surface area contributed by atoms with E-state index in [0.717, 1.165) is 24.1 Å². The molecule has 0 spiro atoms. The van der Waals surface area contributed by atoms with Gasteiger partial charge in [0.1, 0.15) is 6.54 Å². The standard InChI is InChI=1S/C14H22N/c1-5-15(4,6-2)12-13(3)14-10-8-7-9-11-14/h7-11H,3,5-6,12H2,1-2,4H3/q+1. The summed E-state index contributed by atoms with van der Waals surface area (Å²) < 4.78 is 1.06. The number of quaternary nitrogens is 1. The van der Waals surface area contributed by atoms with Gasteiger partial charge in [0.15, 0.2) is 0 Å². The zero-order valence-corrected chi connectivity index (χ0v) is 10.2. The van der Waals surface area contributed by atoms with Crippen molar-refractivity contribution < 1.29 is 4.48 Å². The Balaban J connectivity index is 2.72. The van der Waals surface area contributed by atoms with Crippen LogP contribution in [0.1, 0.15) is 19.4 Å². The van der Waals surface area contributed by atoms with Crippen molar-refractivity contribution in [2.24, 2.45) is 0 Å². The molecule has 0 aromatic heterocycles. The van der Waals surface area contributed by atoms with Crippen molar-refractivity contribution in [3.8, 4) is 0 Å². The fourth-order valence-corrected chi connectivity index (χ4v) is 1.67. The predicted octanol–water partition coefficient (Wildman–Crippen LogP) is 3.19. The summed E-state index contributed by atoms with van der Waals surface area (Å²) in [5, 5.41) is 0. The Labute approximate surface area is 93.6 Å². The second kappa shape index (κ2) is 5.13. The van der Waals surface area contributed by atoms with Crippen LogP contribution in [0.15, 0.2) is 36.9 Å². The van der Waals surface area contributed by atoms with Gasteiger partial charge >= 0.3 is 0 Å². The smallest absolute Gasteiger partial charge is 0.104 e. The Bertz CT molecular complexity index is 309. The number of nitrogens with zero attached hydrogens (tertiary/aromatic N) is 1. The van der Waals surface area contributed by atoms with E-state index in [0.29, 0.717) is 0 Å². The van der Waals surface area contributed by atoms with Crippen molar-refractivity contribution in [2.75, 3.05) is 26.7 Å². The average molecular weight is 204 g/mol. The number of hydrogen-bond acceptors (Lipinski definition) is 0. The summed E-state index contributed by atoms with van der Waals surface area (Å²) in [6, 6.07) is 10.5. The lowest BCUT2D eigenvalue weighted by Crippen LogP contribution is -2.44. The van der Waals surface area contributed by atoms with Gasteiger partial charge in [0.05, 0.1) is 20.1 Å². The highest BCUT2D eigenvalue weighted by Gasteiger charge is 2.18. The minimum absolute atomic E-state index is 1.04. The molecule has 0 saturated heterocycles. The lowest BCUT2D eigenvalue weighted by molar-refractivity contribution is -0.898. The molecular weight excluding hydrogens is 182 g/mol. The minimum atomic E-state index is 1.04. The molecular formula is C14H22N+. The third-order valence-corrected chi connectivity index (χ3v) is 3.28. The summed E-state index contributed by atoms with van der Waals surface area (Å²) in [6.45, 7) is 12.0. The summed E-state index contributed by atoms with van der Waals surface area (Å²) in [5.74, 6) is 0. The quantitative estimate of drug-likeness (QED) is 0.646. The maximum absolute atomic E-state index is 4.19. The van der Waals surface area contributed by atoms with E-state index in [9.17, 15) is 0 Å². The zero-order chi connectivity index (χ0) is 11.3. The molecule has 0 saturated carbocycles. The summed E-state index contributed by atoms with van der Waals surface area (Å²) in [6.07, 6.45) is 0. The first-order valence-corrected chi connectivity index (χ1v) is 5.68. The van der Waals surface area contributed by atoms with Crippen LogP contribution in [0, 0.1) is 0 Å². The van der Waals surface area contributed by atoms with Crippen molar-refractivity contribution in [3.63, 3.8) is 0 Å². The first-order valence-electron chi connectivity index (χ1n) is 5.68. The zero-order valence-electron chi connectivity index (χ0n) is 10.2. The van der Waals surface area contributed by atoms with Crippen LogP contribution in [-0.2, 0) is 0 Å². The Morgan fingerprint density at radius 3 is 2.13 bits per heavy atom. The van der Waals surface area contributed by atoms with Crippen LogP contribution >= 0.6 is 0 Å². The van der Waals surface area contributed by atoms with E-state index in [-0.39, 0.29) is 0 Å². The molecule has 1 rings (SSSR count). The number of likely N-dealkylation sites (N-methyl/N-ethyl adjacent to an activating group) is 1. The van der Waals surface area contributed by atoms with E-state index in [2.05, 4.69) is 51.7 Å². The van der Waals surface area contributed by atoms with Crippen molar-refractivity contribution in [1.82, 2.24) is 0 Å². The lowest BCUT2D eigenvalue weighted by atomic mass is 10.1. The van der Waals surface area contributed by atoms with Crippen LogP contribution < -0.4 is 0 Å². The van der Waals surface area contributed by atoms with Crippen LogP contribution in [0.4, 0.5) is 0 Å². The third kappa shape index (κ3) is 3.21. The second-order valence-corrected chi connectivity index (χ2v) is 4.38. The van der Waals surface area contributed by atoms with Crippen LogP contribution in [-0.4, -0.2) is 31.2 Å². The molecule has 0 unspecified atom stereocenters. The molecule has 1 nitrogen and oxygen atoms in total. The van der Waals surface area contributed by atoms with E-state index in [1.807, 2.05) is 6.07 Å². The first kappa shape index (κ1) is 12.0. The Morgan fingerprint density at radius 1 is 1.13 bits per heavy atom. The summed E-state index contributed by atoms with van der Waals surface area (Å²) in [5.41, 5.74) is 2.51. The van der Waals surface area contributed by atoms with Crippen LogP contribution in [0.3, 0.4) is 0 Å². The van der Waals surface area contributed by atoms with Gasteiger partial charge in [-0.15, -0.1) is 0 Å². The van der Waals surface area contributed by atoms with Crippen molar-refractivity contribution in [2.45, 2.75) is 13.8 Å². The first-order chi connectivity index (χ1) is 7.11. The molecule has 0 bridgehead atoms. The van der Waals surface area contributed by atoms with Gasteiger partial charge in [-0.2, -0.15) is 0 Å². The Kier molecular flexibility index (Phi) is 4.10. The predicted molar refractivity (Wildman–Crippen MR) is 67.6 cm³/mol. The van der Waals surface area contributed by atoms with Gasteiger partial charge in [-0.1, -0.05) is 36.9 Å². The van der Waals surface area contributed by atoms with Gasteiger partial charge in [0.2, 0.25) is 0 Å². The van der Waals surface area contributed by atoms with Crippen molar-refractivity contribution >= 4 is 5.57 Å². The molecule has 82 valence electrons. The third-order valence-electron chi connectivity index (χ3n) is 3.28. The molecule has 1 aromatic rings. The minimum Gasteiger partial charge on any atom is -0.323 e. The molecule has 0 aliphatic rings. The summed E-state index contributed by atoms with van der Waals surface area (Å²) in [4.78, 5) is 0. The van der Waals surface area contributed by atoms with Crippen LogP contribution in [0.25, 0.3) is 5.57 Å². The summed E-state index contributed by atoms with van der Waals surface area (Å²) >= 11 is 0. The molecule has 0 fully saturated rings. The Morgan fingerprint density at radius 2 is 1.67 bits per heavy atom. The molecule has 0 radical (unpaired) electrons. The number of hydrogen-bond donors (Lipinski definition) is 0. The molecule has 1 heteroatoms. The molecule has 0 aliphatic heterocycles. The maximum Gasteiger partial charge on any atom is 0.104 e. The number of benzene rings is 1. The highest BCUT2D eigenvalue weighted by atomic mass is 15.3. The van der Waals surface area contributed by atoms with Gasteiger partial charge in [-0.3, -0.25) is 0 Å². The largest absolute Gasteiger partial charge is 0.323 e. The van der Waals surface area contributed by atoms with E-state index in [4.69, 9.17) is 0 Å². The fourth-order valence-electron chi connectivity index (χ4n) is 1.67. The normalized spacial score (nSPS) is 11.4. The van der Waals surface area contributed by atoms with Gasteiger partial charge < -0.3 is 4.48 Å². The van der Waals surface area contributed by atoms with Crippen LogP contribution in [0.5, 0.6) is 0 Å². The van der Waals surface area contributed by atoms with Crippen molar-refractivity contribution in [1.29, 1.82) is 0 Å². The highest BCUT2D eigenvalue weighted by Crippen LogP contribution is 2.16. The molecule has 0 heterocycles. The second-order valence-electron chi connectivity index (χ2n) is 4.38. The van der Waals surface area contributed by atoms with Gasteiger partial charge in [0, 0.05) is 5.57 Å². The lowest BCUT2D eigenvalue weighted by Gasteiger charge is -2.32. The van der Waals surface area contributed by atoms with E-state index in [1.54, 1.807) is 0 Å². The number of rotatable bonds is 5. The Hall–Kier alpha value is -1.08. The van der Waals surface area contributed by atoms with E-state index in [1.165, 1.54) is 11.1 Å².